The third-order valence-corrected chi connectivity index (χ3v) is 4.49. The van der Waals surface area contributed by atoms with Crippen molar-refractivity contribution in [1.29, 1.82) is 0 Å². The average Bonchev–Trinajstić information content (AvgIpc) is 2.41. The van der Waals surface area contributed by atoms with Crippen molar-refractivity contribution in [2.24, 2.45) is 5.73 Å². The first kappa shape index (κ1) is 15.8. The topological polar surface area (TPSA) is 55.6 Å². The maximum absolute atomic E-state index is 12.2. The Bertz CT molecular complexity index is 498. The molecule has 0 radical (unpaired) electrons. The fourth-order valence-corrected chi connectivity index (χ4v) is 3.49. The lowest BCUT2D eigenvalue weighted by Crippen LogP contribution is -2.49. The Labute approximate surface area is 132 Å². The number of carbonyl (C=O) groups excluding carboxylic acids is 1. The highest BCUT2D eigenvalue weighted by Gasteiger charge is 2.35. The number of ether oxygens (including phenoxy) is 1. The second-order valence-electron chi connectivity index (χ2n) is 4.89. The normalized spacial score (nSPS) is 23.2. The molecule has 1 aromatic carbocycles. The number of amides is 1. The largest absolute Gasteiger partial charge is 0.383 e. The molecule has 110 valence electrons. The van der Waals surface area contributed by atoms with E-state index in [-0.39, 0.29) is 18.0 Å². The molecule has 4 nitrogen and oxygen atoms in total. The maximum Gasteiger partial charge on any atom is 0.223 e. The van der Waals surface area contributed by atoms with Crippen LogP contribution in [0.5, 0.6) is 0 Å². The minimum Gasteiger partial charge on any atom is -0.383 e. The number of hydrogen-bond donors (Lipinski definition) is 1. The Balaban J connectivity index is 2.34. The molecule has 0 aliphatic carbocycles. The lowest BCUT2D eigenvalue weighted by molar-refractivity contribution is -0.138. The number of rotatable bonds is 4. The SMILES string of the molecule is COCCN1C(=O)CCC(N)C1c1ccc(Cl)cc1Br. The lowest BCUT2D eigenvalue weighted by atomic mass is 9.90. The minimum absolute atomic E-state index is 0.0815. The summed E-state index contributed by atoms with van der Waals surface area (Å²) in [5.74, 6) is 0.121. The van der Waals surface area contributed by atoms with Crippen molar-refractivity contribution >= 4 is 33.4 Å². The number of benzene rings is 1. The van der Waals surface area contributed by atoms with Crippen molar-refractivity contribution in [1.82, 2.24) is 4.90 Å². The molecule has 1 fully saturated rings. The van der Waals surface area contributed by atoms with Crippen LogP contribution < -0.4 is 5.73 Å². The van der Waals surface area contributed by atoms with Gasteiger partial charge in [0.2, 0.25) is 5.91 Å². The minimum atomic E-state index is -0.141. The first-order valence-electron chi connectivity index (χ1n) is 6.53. The summed E-state index contributed by atoms with van der Waals surface area (Å²) >= 11 is 9.50. The van der Waals surface area contributed by atoms with Crippen LogP contribution in [0.25, 0.3) is 0 Å². The molecule has 2 atom stereocenters. The van der Waals surface area contributed by atoms with E-state index < -0.39 is 0 Å². The second-order valence-corrected chi connectivity index (χ2v) is 6.18. The van der Waals surface area contributed by atoms with E-state index in [0.29, 0.717) is 31.0 Å². The quantitative estimate of drug-likeness (QED) is 0.897. The smallest absolute Gasteiger partial charge is 0.223 e. The van der Waals surface area contributed by atoms with Gasteiger partial charge in [0.25, 0.3) is 0 Å². The van der Waals surface area contributed by atoms with Gasteiger partial charge in [-0.15, -0.1) is 0 Å². The summed E-state index contributed by atoms with van der Waals surface area (Å²) < 4.78 is 5.97. The molecule has 0 bridgehead atoms. The molecule has 0 aromatic heterocycles. The molecule has 2 unspecified atom stereocenters. The predicted octanol–water partition coefficient (Wildman–Crippen LogP) is 2.74. The third-order valence-electron chi connectivity index (χ3n) is 3.57. The van der Waals surface area contributed by atoms with Crippen LogP contribution in [0.3, 0.4) is 0 Å². The van der Waals surface area contributed by atoms with E-state index in [2.05, 4.69) is 15.9 Å². The zero-order chi connectivity index (χ0) is 14.7. The monoisotopic (exact) mass is 360 g/mol. The molecule has 20 heavy (non-hydrogen) atoms. The number of nitrogens with two attached hydrogens (primary N) is 1. The second kappa shape index (κ2) is 6.89. The highest BCUT2D eigenvalue weighted by molar-refractivity contribution is 9.10. The van der Waals surface area contributed by atoms with Gasteiger partial charge in [-0.1, -0.05) is 33.6 Å². The van der Waals surface area contributed by atoms with Gasteiger partial charge >= 0.3 is 0 Å². The van der Waals surface area contributed by atoms with E-state index in [9.17, 15) is 4.79 Å². The van der Waals surface area contributed by atoms with Gasteiger partial charge in [-0.2, -0.15) is 0 Å². The lowest BCUT2D eigenvalue weighted by Gasteiger charge is -2.40. The molecule has 1 aliphatic rings. The van der Waals surface area contributed by atoms with Crippen molar-refractivity contribution < 1.29 is 9.53 Å². The summed E-state index contributed by atoms with van der Waals surface area (Å²) in [6.07, 6.45) is 1.19. The zero-order valence-corrected chi connectivity index (χ0v) is 13.7. The Kier molecular flexibility index (Phi) is 5.43. The summed E-state index contributed by atoms with van der Waals surface area (Å²) in [6, 6.07) is 5.36. The number of methoxy groups -OCH3 is 1. The Morgan fingerprint density at radius 2 is 2.30 bits per heavy atom. The van der Waals surface area contributed by atoms with Gasteiger partial charge in [-0.25, -0.2) is 0 Å². The zero-order valence-electron chi connectivity index (χ0n) is 11.3. The van der Waals surface area contributed by atoms with Crippen LogP contribution in [-0.2, 0) is 9.53 Å². The van der Waals surface area contributed by atoms with Gasteiger partial charge < -0.3 is 15.4 Å². The summed E-state index contributed by atoms with van der Waals surface area (Å²) in [5, 5.41) is 0.653. The van der Waals surface area contributed by atoms with Crippen LogP contribution in [0, 0.1) is 0 Å². The Morgan fingerprint density at radius 1 is 1.55 bits per heavy atom. The molecule has 1 heterocycles. The van der Waals surface area contributed by atoms with Gasteiger partial charge in [-0.3, -0.25) is 4.79 Å². The van der Waals surface area contributed by atoms with Crippen LogP contribution in [0.2, 0.25) is 5.02 Å². The number of likely N-dealkylation sites (tertiary alicyclic amines) is 1. The van der Waals surface area contributed by atoms with E-state index in [1.165, 1.54) is 0 Å². The fraction of sp³-hybridized carbons (Fsp3) is 0.500. The first-order chi connectivity index (χ1) is 9.54. The van der Waals surface area contributed by atoms with Crippen LogP contribution >= 0.6 is 27.5 Å². The van der Waals surface area contributed by atoms with E-state index in [1.807, 2.05) is 23.1 Å². The van der Waals surface area contributed by atoms with Crippen molar-refractivity contribution in [3.05, 3.63) is 33.3 Å². The van der Waals surface area contributed by atoms with E-state index in [1.54, 1.807) is 7.11 Å². The molecule has 6 heteroatoms. The first-order valence-corrected chi connectivity index (χ1v) is 7.70. The third kappa shape index (κ3) is 3.34. The molecular weight excluding hydrogens is 344 g/mol. The van der Waals surface area contributed by atoms with Gasteiger partial charge in [-0.05, 0) is 24.1 Å². The molecule has 1 saturated heterocycles. The maximum atomic E-state index is 12.2. The highest BCUT2D eigenvalue weighted by Crippen LogP contribution is 2.35. The highest BCUT2D eigenvalue weighted by atomic mass is 79.9. The van der Waals surface area contributed by atoms with Gasteiger partial charge in [0.15, 0.2) is 0 Å². The van der Waals surface area contributed by atoms with Gasteiger partial charge in [0.1, 0.15) is 0 Å². The molecule has 2 rings (SSSR count). The van der Waals surface area contributed by atoms with Crippen molar-refractivity contribution in [2.75, 3.05) is 20.3 Å². The van der Waals surface area contributed by atoms with Crippen molar-refractivity contribution in [3.8, 4) is 0 Å². The van der Waals surface area contributed by atoms with Gasteiger partial charge in [0, 0.05) is 35.6 Å². The summed E-state index contributed by atoms with van der Waals surface area (Å²) in [7, 11) is 1.63. The Morgan fingerprint density at radius 3 is 2.95 bits per heavy atom. The van der Waals surface area contributed by atoms with E-state index >= 15 is 0 Å². The van der Waals surface area contributed by atoms with Crippen LogP contribution in [-0.4, -0.2) is 37.1 Å². The summed E-state index contributed by atoms with van der Waals surface area (Å²) in [4.78, 5) is 14.0. The molecule has 1 amide bonds. The summed E-state index contributed by atoms with van der Waals surface area (Å²) in [6.45, 7) is 1.04. The van der Waals surface area contributed by atoms with Crippen LogP contribution in [0.4, 0.5) is 0 Å². The van der Waals surface area contributed by atoms with E-state index in [0.717, 1.165) is 10.0 Å². The number of halogens is 2. The predicted molar refractivity (Wildman–Crippen MR) is 82.7 cm³/mol. The van der Waals surface area contributed by atoms with E-state index in [4.69, 9.17) is 22.1 Å². The van der Waals surface area contributed by atoms with Gasteiger partial charge in [0.05, 0.1) is 12.6 Å². The number of piperidine rings is 1. The standard InChI is InChI=1S/C14H18BrClN2O2/c1-20-7-6-18-13(19)5-4-12(17)14(18)10-3-2-9(16)8-11(10)15/h2-3,8,12,14H,4-7,17H2,1H3. The molecule has 0 spiro atoms. The van der Waals surface area contributed by atoms with Crippen LogP contribution in [0.1, 0.15) is 24.4 Å². The number of nitrogens with zero attached hydrogens (tertiary/aromatic N) is 1. The number of hydrogen-bond acceptors (Lipinski definition) is 3. The van der Waals surface area contributed by atoms with Crippen molar-refractivity contribution in [3.63, 3.8) is 0 Å². The average molecular weight is 362 g/mol. The van der Waals surface area contributed by atoms with Crippen molar-refractivity contribution in [2.45, 2.75) is 24.9 Å². The van der Waals surface area contributed by atoms with Crippen LogP contribution in [0.15, 0.2) is 22.7 Å². The molecular formula is C14H18BrClN2O2. The molecule has 2 N–H and O–H groups in total. The molecule has 1 aromatic rings. The summed E-state index contributed by atoms with van der Waals surface area (Å²) in [5.41, 5.74) is 7.25. The Hall–Kier alpha value is -0.620. The fourth-order valence-electron chi connectivity index (χ4n) is 2.57. The number of carbonyl (C=O) groups is 1. The molecule has 0 saturated carbocycles. The molecule has 1 aliphatic heterocycles.